The second-order valence-electron chi connectivity index (χ2n) is 1.61. The lowest BCUT2D eigenvalue weighted by molar-refractivity contribution is 0.108. The van der Waals surface area contributed by atoms with Gasteiger partial charge in [0, 0.05) is 13.2 Å². The Morgan fingerprint density at radius 3 is 2.78 bits per heavy atom. The molecular weight excluding hydrogens is 184 g/mol. The van der Waals surface area contributed by atoms with Crippen molar-refractivity contribution in [2.24, 2.45) is 7.05 Å². The summed E-state index contributed by atoms with van der Waals surface area (Å²) in [5.41, 5.74) is 0.565. The topological polar surface area (TPSA) is 34.9 Å². The standard InChI is InChI=1S/C5H5BrN2O/c1-8-4(5(6)9)2-3-7-8/h2-3H,1H3. The van der Waals surface area contributed by atoms with Crippen molar-refractivity contribution in [1.82, 2.24) is 9.78 Å². The number of nitrogens with zero attached hydrogens (tertiary/aromatic N) is 2. The van der Waals surface area contributed by atoms with E-state index in [-0.39, 0.29) is 4.69 Å². The van der Waals surface area contributed by atoms with Gasteiger partial charge in [-0.15, -0.1) is 0 Å². The number of hydrogen-bond acceptors (Lipinski definition) is 2. The molecule has 0 unspecified atom stereocenters. The number of aryl methyl sites for hydroxylation is 1. The molecule has 0 bridgehead atoms. The first-order valence-electron chi connectivity index (χ1n) is 2.39. The second kappa shape index (κ2) is 2.31. The lowest BCUT2D eigenvalue weighted by Gasteiger charge is -1.90. The fourth-order valence-corrected chi connectivity index (χ4v) is 0.956. The largest absolute Gasteiger partial charge is 0.279 e. The van der Waals surface area contributed by atoms with Gasteiger partial charge >= 0.3 is 0 Å². The Kier molecular flexibility index (Phi) is 1.66. The number of carbonyl (C=O) groups is 1. The first-order valence-corrected chi connectivity index (χ1v) is 3.19. The molecule has 0 N–H and O–H groups in total. The summed E-state index contributed by atoms with van der Waals surface area (Å²) in [6.45, 7) is 0. The molecule has 0 aliphatic rings. The van der Waals surface area contributed by atoms with Gasteiger partial charge in [0.15, 0.2) is 0 Å². The molecule has 4 heteroatoms. The van der Waals surface area contributed by atoms with Crippen molar-refractivity contribution in [3.63, 3.8) is 0 Å². The predicted molar refractivity (Wildman–Crippen MR) is 36.5 cm³/mol. The molecule has 0 fully saturated rings. The summed E-state index contributed by atoms with van der Waals surface area (Å²) in [5.74, 6) is 0. The molecule has 0 radical (unpaired) electrons. The summed E-state index contributed by atoms with van der Waals surface area (Å²) in [5, 5.41) is 3.80. The van der Waals surface area contributed by atoms with Gasteiger partial charge in [-0.1, -0.05) is 0 Å². The van der Waals surface area contributed by atoms with Crippen molar-refractivity contribution in [2.75, 3.05) is 0 Å². The van der Waals surface area contributed by atoms with E-state index in [1.807, 2.05) is 0 Å². The van der Waals surface area contributed by atoms with E-state index in [1.54, 1.807) is 19.3 Å². The van der Waals surface area contributed by atoms with E-state index < -0.39 is 0 Å². The Morgan fingerprint density at radius 1 is 1.89 bits per heavy atom. The highest BCUT2D eigenvalue weighted by atomic mass is 79.9. The Labute approximate surface area is 60.8 Å². The Balaban J connectivity index is 3.08. The van der Waals surface area contributed by atoms with Crippen LogP contribution in [0.2, 0.25) is 0 Å². The van der Waals surface area contributed by atoms with E-state index in [0.29, 0.717) is 5.69 Å². The second-order valence-corrected chi connectivity index (χ2v) is 2.33. The molecule has 0 aromatic carbocycles. The first-order chi connectivity index (χ1) is 4.22. The zero-order valence-electron chi connectivity index (χ0n) is 4.84. The van der Waals surface area contributed by atoms with Crippen molar-refractivity contribution >= 4 is 20.6 Å². The van der Waals surface area contributed by atoms with Crippen molar-refractivity contribution in [1.29, 1.82) is 0 Å². The molecule has 1 aromatic heterocycles. The van der Waals surface area contributed by atoms with E-state index in [9.17, 15) is 4.79 Å². The molecular formula is C5H5BrN2O. The molecule has 48 valence electrons. The molecule has 1 rings (SSSR count). The zero-order chi connectivity index (χ0) is 6.85. The molecule has 0 aliphatic heterocycles. The van der Waals surface area contributed by atoms with Crippen molar-refractivity contribution < 1.29 is 4.79 Å². The quantitative estimate of drug-likeness (QED) is 0.616. The van der Waals surface area contributed by atoms with Crippen LogP contribution in [0.15, 0.2) is 12.3 Å². The number of hydrogen-bond donors (Lipinski definition) is 0. The van der Waals surface area contributed by atoms with E-state index >= 15 is 0 Å². The maximum Gasteiger partial charge on any atom is 0.245 e. The fraction of sp³-hybridized carbons (Fsp3) is 0.200. The molecule has 0 saturated heterocycles. The summed E-state index contributed by atoms with van der Waals surface area (Å²) in [7, 11) is 1.72. The molecule has 9 heavy (non-hydrogen) atoms. The SMILES string of the molecule is Cn1nccc1C(=O)Br. The number of halogens is 1. The van der Waals surface area contributed by atoms with E-state index in [4.69, 9.17) is 0 Å². The summed E-state index contributed by atoms with van der Waals surface area (Å²) in [6, 6.07) is 1.65. The van der Waals surface area contributed by atoms with Crippen LogP contribution in [0, 0.1) is 0 Å². The summed E-state index contributed by atoms with van der Waals surface area (Å²) < 4.78 is 1.37. The number of rotatable bonds is 1. The molecule has 1 aromatic rings. The van der Waals surface area contributed by atoms with Crippen LogP contribution in [0.5, 0.6) is 0 Å². The highest BCUT2D eigenvalue weighted by Gasteiger charge is 2.03. The Bertz CT molecular complexity index is 231. The highest BCUT2D eigenvalue weighted by molar-refractivity contribution is 9.18. The predicted octanol–water partition coefficient (Wildman–Crippen LogP) is 0.955. The van der Waals surface area contributed by atoms with E-state index in [1.165, 1.54) is 4.68 Å². The number of aromatic nitrogens is 2. The maximum atomic E-state index is 10.6. The summed E-state index contributed by atoms with van der Waals surface area (Å²) >= 11 is 2.81. The first kappa shape index (κ1) is 6.48. The van der Waals surface area contributed by atoms with Crippen LogP contribution < -0.4 is 0 Å². The molecule has 1 heterocycles. The lowest BCUT2D eigenvalue weighted by atomic mass is 10.5. The lowest BCUT2D eigenvalue weighted by Crippen LogP contribution is -1.99. The minimum Gasteiger partial charge on any atom is -0.279 e. The van der Waals surface area contributed by atoms with Crippen LogP contribution in [0.1, 0.15) is 10.5 Å². The monoisotopic (exact) mass is 188 g/mol. The molecule has 0 amide bonds. The van der Waals surface area contributed by atoms with Crippen LogP contribution in [0.25, 0.3) is 0 Å². The molecule has 0 saturated carbocycles. The van der Waals surface area contributed by atoms with Gasteiger partial charge in [-0.25, -0.2) is 0 Å². The van der Waals surface area contributed by atoms with Gasteiger partial charge in [-0.05, 0) is 22.0 Å². The minimum atomic E-state index is -0.137. The van der Waals surface area contributed by atoms with Crippen LogP contribution >= 0.6 is 15.9 Å². The Hall–Kier alpha value is -0.640. The molecule has 0 aliphatic carbocycles. The average Bonchev–Trinajstić information content (AvgIpc) is 2.13. The third-order valence-electron chi connectivity index (χ3n) is 1.02. The third kappa shape index (κ3) is 1.18. The van der Waals surface area contributed by atoms with E-state index in [2.05, 4.69) is 21.0 Å². The van der Waals surface area contributed by atoms with Crippen molar-refractivity contribution in [3.8, 4) is 0 Å². The van der Waals surface area contributed by atoms with Gasteiger partial charge in [0.1, 0.15) is 5.69 Å². The van der Waals surface area contributed by atoms with E-state index in [0.717, 1.165) is 0 Å². The smallest absolute Gasteiger partial charge is 0.245 e. The summed E-state index contributed by atoms with van der Waals surface area (Å²) in [4.78, 5) is 10.6. The highest BCUT2D eigenvalue weighted by Crippen LogP contribution is 2.01. The van der Waals surface area contributed by atoms with Crippen LogP contribution in [0.4, 0.5) is 0 Å². The average molecular weight is 189 g/mol. The van der Waals surface area contributed by atoms with Gasteiger partial charge in [0.25, 0.3) is 0 Å². The van der Waals surface area contributed by atoms with Crippen LogP contribution in [0.3, 0.4) is 0 Å². The van der Waals surface area contributed by atoms with Gasteiger partial charge in [0.05, 0.1) is 0 Å². The minimum absolute atomic E-state index is 0.137. The molecule has 0 atom stereocenters. The fourth-order valence-electron chi connectivity index (χ4n) is 0.567. The van der Waals surface area contributed by atoms with Crippen LogP contribution in [-0.2, 0) is 7.05 Å². The van der Waals surface area contributed by atoms with Gasteiger partial charge in [0.2, 0.25) is 4.69 Å². The normalized spacial score (nSPS) is 9.56. The molecule has 0 spiro atoms. The summed E-state index contributed by atoms with van der Waals surface area (Å²) in [6.07, 6.45) is 1.58. The zero-order valence-corrected chi connectivity index (χ0v) is 6.42. The van der Waals surface area contributed by atoms with Gasteiger partial charge < -0.3 is 0 Å². The van der Waals surface area contributed by atoms with Crippen molar-refractivity contribution in [3.05, 3.63) is 18.0 Å². The van der Waals surface area contributed by atoms with Gasteiger partial charge in [-0.2, -0.15) is 5.10 Å². The maximum absolute atomic E-state index is 10.6. The van der Waals surface area contributed by atoms with Gasteiger partial charge in [-0.3, -0.25) is 9.48 Å². The Morgan fingerprint density at radius 2 is 2.56 bits per heavy atom. The van der Waals surface area contributed by atoms with Crippen LogP contribution in [-0.4, -0.2) is 14.5 Å². The van der Waals surface area contributed by atoms with Crippen molar-refractivity contribution in [2.45, 2.75) is 0 Å². The third-order valence-corrected chi connectivity index (χ3v) is 1.43. The number of carbonyl (C=O) groups excluding carboxylic acids is 1. The molecule has 3 nitrogen and oxygen atoms in total.